The Labute approximate surface area is 145 Å². The van der Waals surface area contributed by atoms with E-state index in [1.54, 1.807) is 18.2 Å². The molecule has 0 aliphatic carbocycles. The molecule has 0 N–H and O–H groups in total. The molecule has 3 rings (SSSR count). The van der Waals surface area contributed by atoms with E-state index in [-0.39, 0.29) is 5.88 Å². The number of ether oxygens (including phenoxy) is 1. The fraction of sp³-hybridized carbons (Fsp3) is 0.100. The van der Waals surface area contributed by atoms with Crippen molar-refractivity contribution in [2.24, 2.45) is 0 Å². The number of carbonyl (C=O) groups excluding carboxylic acids is 1. The van der Waals surface area contributed by atoms with Crippen molar-refractivity contribution in [2.45, 2.75) is 13.8 Å². The second-order valence-corrected chi connectivity index (χ2v) is 5.90. The second kappa shape index (κ2) is 6.85. The van der Waals surface area contributed by atoms with Crippen LogP contribution in [0.5, 0.6) is 11.6 Å². The van der Waals surface area contributed by atoms with Crippen molar-refractivity contribution in [3.63, 3.8) is 0 Å². The number of pyridine rings is 1. The number of aromatic nitrogens is 1. The van der Waals surface area contributed by atoms with Crippen LogP contribution in [0.1, 0.15) is 21.5 Å². The zero-order valence-electron chi connectivity index (χ0n) is 13.4. The van der Waals surface area contributed by atoms with Crippen LogP contribution in [-0.4, -0.2) is 11.3 Å². The highest BCUT2D eigenvalue weighted by Crippen LogP contribution is 2.32. The van der Waals surface area contributed by atoms with Crippen molar-refractivity contribution >= 4 is 17.9 Å². The summed E-state index contributed by atoms with van der Waals surface area (Å²) in [5.74, 6) is 0.712. The van der Waals surface area contributed by atoms with E-state index in [2.05, 4.69) is 24.9 Å². The SMILES string of the molecule is Cc1cccc(-c2ccc(C=O)c(Oc3ccccc3Cl)n2)c1C. The largest absolute Gasteiger partial charge is 0.437 e. The Hall–Kier alpha value is -2.65. The molecule has 4 heteroatoms. The summed E-state index contributed by atoms with van der Waals surface area (Å²) in [5, 5.41) is 0.466. The lowest BCUT2D eigenvalue weighted by Crippen LogP contribution is -1.97. The third-order valence-electron chi connectivity index (χ3n) is 3.94. The second-order valence-electron chi connectivity index (χ2n) is 5.49. The van der Waals surface area contributed by atoms with Gasteiger partial charge in [0.1, 0.15) is 5.75 Å². The van der Waals surface area contributed by atoms with Crippen LogP contribution in [0.2, 0.25) is 5.02 Å². The Balaban J connectivity index is 2.07. The molecular formula is C20H16ClNO2. The van der Waals surface area contributed by atoms with Crippen molar-refractivity contribution in [3.8, 4) is 22.9 Å². The minimum atomic E-state index is 0.247. The van der Waals surface area contributed by atoms with Crippen LogP contribution in [0.25, 0.3) is 11.3 Å². The number of rotatable bonds is 4. The van der Waals surface area contributed by atoms with Crippen LogP contribution in [0.3, 0.4) is 0 Å². The van der Waals surface area contributed by atoms with E-state index in [4.69, 9.17) is 16.3 Å². The maximum atomic E-state index is 11.3. The quantitative estimate of drug-likeness (QED) is 0.580. The zero-order valence-corrected chi connectivity index (χ0v) is 14.2. The summed E-state index contributed by atoms with van der Waals surface area (Å²) >= 11 is 6.13. The van der Waals surface area contributed by atoms with E-state index in [1.165, 1.54) is 5.56 Å². The van der Waals surface area contributed by atoms with Crippen molar-refractivity contribution in [3.05, 3.63) is 76.3 Å². The summed E-state index contributed by atoms with van der Waals surface area (Å²) in [6.45, 7) is 4.11. The molecule has 1 aromatic heterocycles. The normalized spacial score (nSPS) is 10.5. The molecule has 0 aliphatic heterocycles. The number of hydrogen-bond donors (Lipinski definition) is 0. The van der Waals surface area contributed by atoms with Crippen LogP contribution >= 0.6 is 11.6 Å². The third-order valence-corrected chi connectivity index (χ3v) is 4.25. The number of benzene rings is 2. The van der Waals surface area contributed by atoms with Gasteiger partial charge in [-0.2, -0.15) is 0 Å². The Bertz CT molecular complexity index is 906. The minimum Gasteiger partial charge on any atom is -0.437 e. The van der Waals surface area contributed by atoms with Crippen LogP contribution in [0.4, 0.5) is 0 Å². The highest BCUT2D eigenvalue weighted by atomic mass is 35.5. The highest BCUT2D eigenvalue weighted by molar-refractivity contribution is 6.32. The molecule has 0 amide bonds. The molecule has 0 atom stereocenters. The molecule has 2 aromatic carbocycles. The fourth-order valence-corrected chi connectivity index (χ4v) is 2.61. The number of carbonyl (C=O) groups is 1. The molecule has 3 nitrogen and oxygen atoms in total. The summed E-state index contributed by atoms with van der Waals surface area (Å²) in [4.78, 5) is 15.9. The maximum absolute atomic E-state index is 11.3. The first-order chi connectivity index (χ1) is 11.6. The number of halogens is 1. The Kier molecular flexibility index (Phi) is 4.63. The molecule has 3 aromatic rings. The van der Waals surface area contributed by atoms with Crippen molar-refractivity contribution < 1.29 is 9.53 Å². The van der Waals surface area contributed by atoms with E-state index >= 15 is 0 Å². The first kappa shape index (κ1) is 16.2. The molecular weight excluding hydrogens is 322 g/mol. The standard InChI is InChI=1S/C20H16ClNO2/c1-13-6-5-7-16(14(13)2)18-11-10-15(12-23)20(22-18)24-19-9-4-3-8-17(19)21/h3-12H,1-2H3. The summed E-state index contributed by atoms with van der Waals surface area (Å²) in [5.41, 5.74) is 4.47. The van der Waals surface area contributed by atoms with Gasteiger partial charge in [0.15, 0.2) is 6.29 Å². The number of aldehydes is 1. The van der Waals surface area contributed by atoms with Crippen molar-refractivity contribution in [1.29, 1.82) is 0 Å². The van der Waals surface area contributed by atoms with E-state index in [0.717, 1.165) is 23.1 Å². The average Bonchev–Trinajstić information content (AvgIpc) is 2.59. The minimum absolute atomic E-state index is 0.247. The molecule has 1 heterocycles. The van der Waals surface area contributed by atoms with Gasteiger partial charge in [-0.05, 0) is 49.2 Å². The lowest BCUT2D eigenvalue weighted by Gasteiger charge is -2.12. The zero-order chi connectivity index (χ0) is 17.1. The van der Waals surface area contributed by atoms with Gasteiger partial charge in [0.25, 0.3) is 0 Å². The van der Waals surface area contributed by atoms with E-state index in [1.807, 2.05) is 30.3 Å². The van der Waals surface area contributed by atoms with Crippen LogP contribution in [0, 0.1) is 13.8 Å². The van der Waals surface area contributed by atoms with Crippen LogP contribution in [-0.2, 0) is 0 Å². The number of para-hydroxylation sites is 1. The lowest BCUT2D eigenvalue weighted by atomic mass is 10.0. The number of hydrogen-bond acceptors (Lipinski definition) is 3. The molecule has 0 saturated carbocycles. The van der Waals surface area contributed by atoms with Crippen LogP contribution < -0.4 is 4.74 Å². The van der Waals surface area contributed by atoms with Gasteiger partial charge in [-0.25, -0.2) is 4.98 Å². The highest BCUT2D eigenvalue weighted by Gasteiger charge is 2.12. The van der Waals surface area contributed by atoms with Gasteiger partial charge in [0.05, 0.1) is 16.3 Å². The summed E-state index contributed by atoms with van der Waals surface area (Å²) in [6, 6.07) is 16.7. The lowest BCUT2D eigenvalue weighted by molar-refractivity contribution is 0.112. The predicted octanol–water partition coefficient (Wildman–Crippen LogP) is 5.62. The fourth-order valence-electron chi connectivity index (χ4n) is 2.43. The Morgan fingerprint density at radius 3 is 2.54 bits per heavy atom. The van der Waals surface area contributed by atoms with Gasteiger partial charge in [-0.15, -0.1) is 0 Å². The monoisotopic (exact) mass is 337 g/mol. The maximum Gasteiger partial charge on any atom is 0.230 e. The molecule has 0 saturated heterocycles. The van der Waals surface area contributed by atoms with Crippen molar-refractivity contribution in [2.75, 3.05) is 0 Å². The van der Waals surface area contributed by atoms with Crippen LogP contribution in [0.15, 0.2) is 54.6 Å². The molecule has 0 fully saturated rings. The van der Waals surface area contributed by atoms with Gasteiger partial charge < -0.3 is 4.74 Å². The first-order valence-electron chi connectivity index (χ1n) is 7.55. The number of nitrogens with zero attached hydrogens (tertiary/aromatic N) is 1. The van der Waals surface area contributed by atoms with E-state index in [9.17, 15) is 4.79 Å². The average molecular weight is 338 g/mol. The first-order valence-corrected chi connectivity index (χ1v) is 7.93. The van der Waals surface area contributed by atoms with Gasteiger partial charge in [0, 0.05) is 5.56 Å². The molecule has 0 radical (unpaired) electrons. The number of aryl methyl sites for hydroxylation is 1. The summed E-state index contributed by atoms with van der Waals surface area (Å²) in [7, 11) is 0. The molecule has 0 bridgehead atoms. The van der Waals surface area contributed by atoms with Gasteiger partial charge in [-0.3, -0.25) is 4.79 Å². The van der Waals surface area contributed by atoms with Gasteiger partial charge >= 0.3 is 0 Å². The topological polar surface area (TPSA) is 39.2 Å². The van der Waals surface area contributed by atoms with E-state index < -0.39 is 0 Å². The summed E-state index contributed by atoms with van der Waals surface area (Å²) < 4.78 is 5.79. The predicted molar refractivity (Wildman–Crippen MR) is 96.1 cm³/mol. The van der Waals surface area contributed by atoms with Crippen molar-refractivity contribution in [1.82, 2.24) is 4.98 Å². The third kappa shape index (κ3) is 3.17. The Morgan fingerprint density at radius 2 is 1.79 bits per heavy atom. The molecule has 120 valence electrons. The summed E-state index contributed by atoms with van der Waals surface area (Å²) in [6.07, 6.45) is 0.728. The van der Waals surface area contributed by atoms with E-state index in [0.29, 0.717) is 16.3 Å². The Morgan fingerprint density at radius 1 is 1.00 bits per heavy atom. The molecule has 24 heavy (non-hydrogen) atoms. The molecule has 0 spiro atoms. The van der Waals surface area contributed by atoms with Gasteiger partial charge in [0.2, 0.25) is 5.88 Å². The molecule has 0 aliphatic rings. The molecule has 0 unspecified atom stereocenters. The van der Waals surface area contributed by atoms with Gasteiger partial charge in [-0.1, -0.05) is 41.9 Å². The smallest absolute Gasteiger partial charge is 0.230 e.